The van der Waals surface area contributed by atoms with E-state index in [1.54, 1.807) is 25.1 Å². The van der Waals surface area contributed by atoms with Crippen LogP contribution in [0.3, 0.4) is 0 Å². The van der Waals surface area contributed by atoms with E-state index in [4.69, 9.17) is 9.47 Å². The van der Waals surface area contributed by atoms with Crippen molar-refractivity contribution in [3.63, 3.8) is 0 Å². The SMILES string of the molecule is CCOc1ccc(CN(C)C(=O)Nc2ccccc2OC)cc1. The number of nitrogens with zero attached hydrogens (tertiary/aromatic N) is 1. The molecule has 2 rings (SSSR count). The average molecular weight is 314 g/mol. The fourth-order valence-electron chi connectivity index (χ4n) is 2.16. The van der Waals surface area contributed by atoms with Gasteiger partial charge < -0.3 is 19.7 Å². The summed E-state index contributed by atoms with van der Waals surface area (Å²) in [5.74, 6) is 1.47. The van der Waals surface area contributed by atoms with Crippen molar-refractivity contribution in [1.29, 1.82) is 0 Å². The number of urea groups is 1. The first-order valence-electron chi connectivity index (χ1n) is 7.51. The maximum atomic E-state index is 12.3. The fraction of sp³-hybridized carbons (Fsp3) is 0.278. The molecule has 0 spiro atoms. The highest BCUT2D eigenvalue weighted by molar-refractivity contribution is 5.90. The topological polar surface area (TPSA) is 50.8 Å². The van der Waals surface area contributed by atoms with Crippen LogP contribution in [-0.2, 0) is 6.54 Å². The van der Waals surface area contributed by atoms with Crippen molar-refractivity contribution in [3.8, 4) is 11.5 Å². The van der Waals surface area contributed by atoms with Crippen LogP contribution in [0.4, 0.5) is 10.5 Å². The number of anilines is 1. The molecular formula is C18H22N2O3. The summed E-state index contributed by atoms with van der Waals surface area (Å²) in [7, 11) is 3.33. The molecule has 5 heteroatoms. The van der Waals surface area contributed by atoms with Crippen molar-refractivity contribution in [3.05, 3.63) is 54.1 Å². The fourth-order valence-corrected chi connectivity index (χ4v) is 2.16. The Morgan fingerprint density at radius 1 is 1.13 bits per heavy atom. The van der Waals surface area contributed by atoms with Gasteiger partial charge in [-0.15, -0.1) is 0 Å². The molecule has 0 saturated heterocycles. The van der Waals surface area contributed by atoms with E-state index in [0.717, 1.165) is 11.3 Å². The molecule has 0 aliphatic heterocycles. The largest absolute Gasteiger partial charge is 0.495 e. The molecule has 2 aromatic rings. The maximum absolute atomic E-state index is 12.3. The zero-order valence-corrected chi connectivity index (χ0v) is 13.7. The number of benzene rings is 2. The molecule has 0 aliphatic rings. The third-order valence-electron chi connectivity index (χ3n) is 3.35. The first-order chi connectivity index (χ1) is 11.1. The highest BCUT2D eigenvalue weighted by Gasteiger charge is 2.11. The Hall–Kier alpha value is -2.69. The number of hydrogen-bond acceptors (Lipinski definition) is 3. The van der Waals surface area contributed by atoms with Gasteiger partial charge in [-0.1, -0.05) is 24.3 Å². The Bertz CT molecular complexity index is 641. The molecule has 0 atom stereocenters. The number of rotatable bonds is 6. The van der Waals surface area contributed by atoms with Gasteiger partial charge in [-0.05, 0) is 36.8 Å². The summed E-state index contributed by atoms with van der Waals surface area (Å²) in [5.41, 5.74) is 1.68. The zero-order chi connectivity index (χ0) is 16.7. The van der Waals surface area contributed by atoms with Gasteiger partial charge in [-0.25, -0.2) is 4.79 Å². The minimum absolute atomic E-state index is 0.191. The van der Waals surface area contributed by atoms with E-state index in [2.05, 4.69) is 5.32 Å². The van der Waals surface area contributed by atoms with Crippen LogP contribution < -0.4 is 14.8 Å². The maximum Gasteiger partial charge on any atom is 0.321 e. The minimum atomic E-state index is -0.191. The minimum Gasteiger partial charge on any atom is -0.495 e. The van der Waals surface area contributed by atoms with Gasteiger partial charge in [0.25, 0.3) is 0 Å². The standard InChI is InChI=1S/C18H22N2O3/c1-4-23-15-11-9-14(10-12-15)13-20(2)18(21)19-16-7-5-6-8-17(16)22-3/h5-12H,4,13H2,1-3H3,(H,19,21). The lowest BCUT2D eigenvalue weighted by Crippen LogP contribution is -2.30. The van der Waals surface area contributed by atoms with E-state index in [0.29, 0.717) is 24.6 Å². The normalized spacial score (nSPS) is 10.0. The predicted octanol–water partition coefficient (Wildman–Crippen LogP) is 3.76. The molecule has 0 radical (unpaired) electrons. The third-order valence-corrected chi connectivity index (χ3v) is 3.35. The van der Waals surface area contributed by atoms with Crippen LogP contribution in [0.25, 0.3) is 0 Å². The van der Waals surface area contributed by atoms with Gasteiger partial charge in [0.15, 0.2) is 0 Å². The number of methoxy groups -OCH3 is 1. The van der Waals surface area contributed by atoms with Crippen LogP contribution in [0.15, 0.2) is 48.5 Å². The summed E-state index contributed by atoms with van der Waals surface area (Å²) in [5, 5.41) is 2.85. The molecule has 0 aliphatic carbocycles. The first kappa shape index (κ1) is 16.7. The smallest absolute Gasteiger partial charge is 0.321 e. The molecule has 2 aromatic carbocycles. The number of para-hydroxylation sites is 2. The van der Waals surface area contributed by atoms with Crippen molar-refractivity contribution in [2.75, 3.05) is 26.1 Å². The second-order valence-corrected chi connectivity index (χ2v) is 5.06. The lowest BCUT2D eigenvalue weighted by Gasteiger charge is -2.19. The van der Waals surface area contributed by atoms with Crippen molar-refractivity contribution in [1.82, 2.24) is 4.90 Å². The van der Waals surface area contributed by atoms with Crippen LogP contribution in [0, 0.1) is 0 Å². The van der Waals surface area contributed by atoms with Crippen molar-refractivity contribution >= 4 is 11.7 Å². The van der Waals surface area contributed by atoms with Crippen LogP contribution in [0.1, 0.15) is 12.5 Å². The van der Waals surface area contributed by atoms with E-state index in [9.17, 15) is 4.79 Å². The monoisotopic (exact) mass is 314 g/mol. The molecule has 0 fully saturated rings. The molecule has 1 N–H and O–H groups in total. The van der Waals surface area contributed by atoms with Crippen LogP contribution in [0.5, 0.6) is 11.5 Å². The third kappa shape index (κ3) is 4.64. The summed E-state index contributed by atoms with van der Waals surface area (Å²) in [6, 6.07) is 14.9. The van der Waals surface area contributed by atoms with Gasteiger partial charge in [0, 0.05) is 13.6 Å². The Morgan fingerprint density at radius 2 is 1.83 bits per heavy atom. The van der Waals surface area contributed by atoms with Gasteiger partial charge in [-0.3, -0.25) is 0 Å². The van der Waals surface area contributed by atoms with Crippen LogP contribution in [0.2, 0.25) is 0 Å². The van der Waals surface area contributed by atoms with E-state index in [-0.39, 0.29) is 6.03 Å². The van der Waals surface area contributed by atoms with Crippen LogP contribution >= 0.6 is 0 Å². The van der Waals surface area contributed by atoms with E-state index in [1.165, 1.54) is 0 Å². The summed E-state index contributed by atoms with van der Waals surface area (Å²) < 4.78 is 10.6. The van der Waals surface area contributed by atoms with Gasteiger partial charge in [0.05, 0.1) is 19.4 Å². The predicted molar refractivity (Wildman–Crippen MR) is 91.1 cm³/mol. The molecule has 0 aromatic heterocycles. The van der Waals surface area contributed by atoms with Gasteiger partial charge in [0.1, 0.15) is 11.5 Å². The second-order valence-electron chi connectivity index (χ2n) is 5.06. The number of carbonyl (C=O) groups is 1. The molecule has 0 unspecified atom stereocenters. The van der Waals surface area contributed by atoms with Crippen molar-refractivity contribution < 1.29 is 14.3 Å². The average Bonchev–Trinajstić information content (AvgIpc) is 2.57. The summed E-state index contributed by atoms with van der Waals surface area (Å²) in [4.78, 5) is 13.9. The van der Waals surface area contributed by atoms with Gasteiger partial charge >= 0.3 is 6.03 Å². The Morgan fingerprint density at radius 3 is 2.48 bits per heavy atom. The van der Waals surface area contributed by atoms with Crippen molar-refractivity contribution in [2.24, 2.45) is 0 Å². The molecule has 2 amide bonds. The summed E-state index contributed by atoms with van der Waals surface area (Å²) >= 11 is 0. The Balaban J connectivity index is 1.96. The number of nitrogens with one attached hydrogen (secondary N) is 1. The highest BCUT2D eigenvalue weighted by Crippen LogP contribution is 2.23. The first-order valence-corrected chi connectivity index (χ1v) is 7.51. The molecular weight excluding hydrogens is 292 g/mol. The molecule has 122 valence electrons. The number of ether oxygens (including phenoxy) is 2. The Labute approximate surface area is 136 Å². The lowest BCUT2D eigenvalue weighted by atomic mass is 10.2. The molecule has 23 heavy (non-hydrogen) atoms. The van der Waals surface area contributed by atoms with E-state index in [1.807, 2.05) is 49.4 Å². The summed E-state index contributed by atoms with van der Waals surface area (Å²) in [6.45, 7) is 3.10. The van der Waals surface area contributed by atoms with Crippen LogP contribution in [-0.4, -0.2) is 31.7 Å². The number of carbonyl (C=O) groups excluding carboxylic acids is 1. The molecule has 0 heterocycles. The van der Waals surface area contributed by atoms with E-state index >= 15 is 0 Å². The van der Waals surface area contributed by atoms with E-state index < -0.39 is 0 Å². The molecule has 5 nitrogen and oxygen atoms in total. The lowest BCUT2D eigenvalue weighted by molar-refractivity contribution is 0.220. The number of amides is 2. The number of hydrogen-bond donors (Lipinski definition) is 1. The summed E-state index contributed by atoms with van der Waals surface area (Å²) in [6.07, 6.45) is 0. The second kappa shape index (κ2) is 8.08. The Kier molecular flexibility index (Phi) is 5.86. The zero-order valence-electron chi connectivity index (χ0n) is 13.7. The highest BCUT2D eigenvalue weighted by atomic mass is 16.5. The van der Waals surface area contributed by atoms with Gasteiger partial charge in [-0.2, -0.15) is 0 Å². The quantitative estimate of drug-likeness (QED) is 0.883. The van der Waals surface area contributed by atoms with Crippen molar-refractivity contribution in [2.45, 2.75) is 13.5 Å². The molecule has 0 bridgehead atoms. The molecule has 0 saturated carbocycles. The van der Waals surface area contributed by atoms with Gasteiger partial charge in [0.2, 0.25) is 0 Å².